The minimum Gasteiger partial charge on any atom is -0.352 e. The third kappa shape index (κ3) is 3.13. The van der Waals surface area contributed by atoms with Gasteiger partial charge in [-0.05, 0) is 30.3 Å². The van der Waals surface area contributed by atoms with Crippen molar-refractivity contribution in [2.24, 2.45) is 7.05 Å². The van der Waals surface area contributed by atoms with Crippen molar-refractivity contribution in [1.29, 1.82) is 5.26 Å². The van der Waals surface area contributed by atoms with Crippen LogP contribution in [0.4, 0.5) is 0 Å². The molecule has 0 fully saturated rings. The number of benzene rings is 1. The molecule has 102 valence electrons. The van der Waals surface area contributed by atoms with E-state index >= 15 is 0 Å². The second-order valence-electron chi connectivity index (χ2n) is 4.24. The van der Waals surface area contributed by atoms with Crippen LogP contribution in [0.3, 0.4) is 0 Å². The van der Waals surface area contributed by atoms with Crippen LogP contribution in [0.1, 0.15) is 22.1 Å². The third-order valence-electron chi connectivity index (χ3n) is 2.81. The van der Waals surface area contributed by atoms with E-state index in [0.717, 1.165) is 0 Å². The fourth-order valence-electron chi connectivity index (χ4n) is 1.85. The number of hydrogen-bond acceptors (Lipinski definition) is 2. The summed E-state index contributed by atoms with van der Waals surface area (Å²) in [5, 5.41) is 12.6. The molecular formula is C14H11Cl2N3O. The molecule has 0 bridgehead atoms. The summed E-state index contributed by atoms with van der Waals surface area (Å²) in [6, 6.07) is 9.45. The summed E-state index contributed by atoms with van der Waals surface area (Å²) in [6.45, 7) is 0. The lowest BCUT2D eigenvalue weighted by Gasteiger charge is -2.13. The zero-order chi connectivity index (χ0) is 14.7. The molecular weight excluding hydrogens is 297 g/mol. The molecule has 0 radical (unpaired) electrons. The van der Waals surface area contributed by atoms with Gasteiger partial charge in [0.15, 0.2) is 6.04 Å². The maximum Gasteiger partial charge on any atom is 0.252 e. The van der Waals surface area contributed by atoms with Crippen LogP contribution in [-0.4, -0.2) is 10.5 Å². The van der Waals surface area contributed by atoms with E-state index in [0.29, 0.717) is 21.3 Å². The number of nitrogens with one attached hydrogen (secondary N) is 1. The minimum atomic E-state index is -0.736. The molecule has 1 amide bonds. The van der Waals surface area contributed by atoms with Gasteiger partial charge in [-0.25, -0.2) is 0 Å². The second-order valence-corrected chi connectivity index (χ2v) is 5.11. The fourth-order valence-corrected chi connectivity index (χ4v) is 2.37. The molecule has 0 aliphatic carbocycles. The van der Waals surface area contributed by atoms with Crippen molar-refractivity contribution in [3.8, 4) is 6.07 Å². The Labute approximate surface area is 126 Å². The van der Waals surface area contributed by atoms with Crippen molar-refractivity contribution in [3.63, 3.8) is 0 Å². The standard InChI is InChI=1S/C14H11Cl2N3O/c1-19-4-2-3-13(19)12(8-17)18-14(20)9-5-10(15)7-11(16)6-9/h2-7,12H,1H3,(H,18,20). The largest absolute Gasteiger partial charge is 0.352 e. The quantitative estimate of drug-likeness (QED) is 0.945. The minimum absolute atomic E-state index is 0.317. The lowest BCUT2D eigenvalue weighted by Crippen LogP contribution is -2.28. The Bertz CT molecular complexity index is 668. The van der Waals surface area contributed by atoms with Crippen LogP contribution in [0.5, 0.6) is 0 Å². The summed E-state index contributed by atoms with van der Waals surface area (Å²) in [7, 11) is 1.81. The van der Waals surface area contributed by atoms with E-state index in [1.807, 2.05) is 19.3 Å². The van der Waals surface area contributed by atoms with Gasteiger partial charge in [-0.3, -0.25) is 4.79 Å². The molecule has 1 aromatic carbocycles. The molecule has 2 rings (SSSR count). The van der Waals surface area contributed by atoms with Crippen LogP contribution in [0, 0.1) is 11.3 Å². The maximum absolute atomic E-state index is 12.1. The van der Waals surface area contributed by atoms with Crippen LogP contribution in [0.2, 0.25) is 10.0 Å². The summed E-state index contributed by atoms with van der Waals surface area (Å²) in [6.07, 6.45) is 1.81. The maximum atomic E-state index is 12.1. The first-order valence-corrected chi connectivity index (χ1v) is 6.54. The number of nitriles is 1. The molecule has 0 aliphatic heterocycles. The zero-order valence-corrected chi connectivity index (χ0v) is 12.1. The lowest BCUT2D eigenvalue weighted by atomic mass is 10.1. The summed E-state index contributed by atoms with van der Waals surface area (Å²) < 4.78 is 1.78. The highest BCUT2D eigenvalue weighted by atomic mass is 35.5. The molecule has 0 spiro atoms. The fraction of sp³-hybridized carbons (Fsp3) is 0.143. The first-order chi connectivity index (χ1) is 9.51. The van der Waals surface area contributed by atoms with E-state index in [4.69, 9.17) is 23.2 Å². The Hall–Kier alpha value is -1.96. The Morgan fingerprint density at radius 2 is 2.00 bits per heavy atom. The zero-order valence-electron chi connectivity index (χ0n) is 10.6. The molecule has 1 N–H and O–H groups in total. The number of aryl methyl sites for hydroxylation is 1. The van der Waals surface area contributed by atoms with Gasteiger partial charge in [0, 0.05) is 28.9 Å². The molecule has 1 atom stereocenters. The first-order valence-electron chi connectivity index (χ1n) is 5.79. The van der Waals surface area contributed by atoms with Crippen LogP contribution in [-0.2, 0) is 7.05 Å². The number of halogens is 2. The molecule has 6 heteroatoms. The average Bonchev–Trinajstić information content (AvgIpc) is 2.80. The van der Waals surface area contributed by atoms with Gasteiger partial charge in [0.25, 0.3) is 5.91 Å². The number of rotatable bonds is 3. The highest BCUT2D eigenvalue weighted by Gasteiger charge is 2.17. The summed E-state index contributed by atoms with van der Waals surface area (Å²) >= 11 is 11.7. The predicted octanol–water partition coefficient (Wildman–Crippen LogP) is 3.33. The lowest BCUT2D eigenvalue weighted by molar-refractivity contribution is 0.0944. The van der Waals surface area contributed by atoms with E-state index in [2.05, 4.69) is 11.4 Å². The van der Waals surface area contributed by atoms with Gasteiger partial charge in [-0.1, -0.05) is 23.2 Å². The normalized spacial score (nSPS) is 11.7. The van der Waals surface area contributed by atoms with E-state index in [9.17, 15) is 10.1 Å². The van der Waals surface area contributed by atoms with Crippen LogP contribution < -0.4 is 5.32 Å². The number of hydrogen-bond donors (Lipinski definition) is 1. The SMILES string of the molecule is Cn1cccc1C(C#N)NC(=O)c1cc(Cl)cc(Cl)c1. The molecule has 0 saturated heterocycles. The van der Waals surface area contributed by atoms with Gasteiger partial charge >= 0.3 is 0 Å². The second kappa shape index (κ2) is 6.00. The first kappa shape index (κ1) is 14.4. The van der Waals surface area contributed by atoms with Gasteiger partial charge in [0.2, 0.25) is 0 Å². The van der Waals surface area contributed by atoms with Gasteiger partial charge in [0.1, 0.15) is 0 Å². The molecule has 0 saturated carbocycles. The molecule has 2 aromatic rings. The molecule has 1 heterocycles. The molecule has 1 aromatic heterocycles. The van der Waals surface area contributed by atoms with Crippen LogP contribution in [0.15, 0.2) is 36.5 Å². The Kier molecular flexibility index (Phi) is 4.33. The van der Waals surface area contributed by atoms with E-state index in [1.54, 1.807) is 16.7 Å². The van der Waals surface area contributed by atoms with Crippen LogP contribution in [0.25, 0.3) is 0 Å². The molecule has 20 heavy (non-hydrogen) atoms. The highest BCUT2D eigenvalue weighted by molar-refractivity contribution is 6.35. The Morgan fingerprint density at radius 1 is 1.35 bits per heavy atom. The predicted molar refractivity (Wildman–Crippen MR) is 77.7 cm³/mol. The highest BCUT2D eigenvalue weighted by Crippen LogP contribution is 2.20. The number of carbonyl (C=O) groups is 1. The third-order valence-corrected chi connectivity index (χ3v) is 3.25. The van der Waals surface area contributed by atoms with Gasteiger partial charge < -0.3 is 9.88 Å². The molecule has 0 aliphatic rings. The Morgan fingerprint density at radius 3 is 2.50 bits per heavy atom. The number of amides is 1. The van der Waals surface area contributed by atoms with E-state index < -0.39 is 11.9 Å². The Balaban J connectivity index is 2.22. The van der Waals surface area contributed by atoms with Crippen molar-refractivity contribution in [1.82, 2.24) is 9.88 Å². The summed E-state index contributed by atoms with van der Waals surface area (Å²) in [4.78, 5) is 12.1. The monoisotopic (exact) mass is 307 g/mol. The number of aromatic nitrogens is 1. The summed E-state index contributed by atoms with van der Waals surface area (Å²) in [5.41, 5.74) is 1.02. The van der Waals surface area contributed by atoms with Crippen LogP contribution >= 0.6 is 23.2 Å². The van der Waals surface area contributed by atoms with Gasteiger partial charge in [-0.15, -0.1) is 0 Å². The van der Waals surface area contributed by atoms with Crippen molar-refractivity contribution in [2.75, 3.05) is 0 Å². The topological polar surface area (TPSA) is 57.8 Å². The van der Waals surface area contributed by atoms with Crippen molar-refractivity contribution in [3.05, 3.63) is 57.8 Å². The molecule has 1 unspecified atom stereocenters. The van der Waals surface area contributed by atoms with Crippen molar-refractivity contribution >= 4 is 29.1 Å². The smallest absolute Gasteiger partial charge is 0.252 e. The summed E-state index contributed by atoms with van der Waals surface area (Å²) in [5.74, 6) is -0.401. The van der Waals surface area contributed by atoms with E-state index in [-0.39, 0.29) is 0 Å². The average molecular weight is 308 g/mol. The number of carbonyl (C=O) groups excluding carboxylic acids is 1. The van der Waals surface area contributed by atoms with Gasteiger partial charge in [0.05, 0.1) is 11.8 Å². The number of nitrogens with zero attached hydrogens (tertiary/aromatic N) is 2. The van der Waals surface area contributed by atoms with Crippen molar-refractivity contribution in [2.45, 2.75) is 6.04 Å². The van der Waals surface area contributed by atoms with Crippen molar-refractivity contribution < 1.29 is 4.79 Å². The molecule has 4 nitrogen and oxygen atoms in total. The van der Waals surface area contributed by atoms with Gasteiger partial charge in [-0.2, -0.15) is 5.26 Å². The van der Waals surface area contributed by atoms with E-state index in [1.165, 1.54) is 12.1 Å².